The van der Waals surface area contributed by atoms with Gasteiger partial charge in [0.1, 0.15) is 0 Å². The first-order valence-electron chi connectivity index (χ1n) is 7.77. The molecule has 1 heterocycles. The average molecular weight is 291 g/mol. The van der Waals surface area contributed by atoms with Gasteiger partial charge in [-0.3, -0.25) is 0 Å². The summed E-state index contributed by atoms with van der Waals surface area (Å²) in [6.07, 6.45) is 3.82. The molecule has 2 rings (SSSR count). The highest BCUT2D eigenvalue weighted by atomic mass is 16.5. The van der Waals surface area contributed by atoms with E-state index in [0.29, 0.717) is 13.2 Å². The number of benzene rings is 1. The fourth-order valence-corrected chi connectivity index (χ4v) is 2.64. The zero-order chi connectivity index (χ0) is 15.2. The molecule has 0 unspecified atom stereocenters. The Hall–Kier alpha value is -1.68. The summed E-state index contributed by atoms with van der Waals surface area (Å²) in [7, 11) is 0. The third-order valence-electron chi connectivity index (χ3n) is 3.57. The number of hydrogen-bond acceptors (Lipinski definition) is 3. The summed E-state index contributed by atoms with van der Waals surface area (Å²) in [6, 6.07) is 4.14. The Morgan fingerprint density at radius 1 is 1.05 bits per heavy atom. The standard InChI is InChI=1S/C17H25NO3/c1-4-18-12-13(8-7-9-19)14-10-16(20-5-2)17(21-6-3)11-15(14)18/h10-12,19H,4-9H2,1-3H3. The number of aliphatic hydroxyl groups is 1. The molecule has 2 aromatic rings. The molecule has 21 heavy (non-hydrogen) atoms. The van der Waals surface area contributed by atoms with Crippen LogP contribution in [-0.2, 0) is 13.0 Å². The van der Waals surface area contributed by atoms with Crippen molar-refractivity contribution >= 4 is 10.9 Å². The first kappa shape index (κ1) is 15.7. The minimum Gasteiger partial charge on any atom is -0.490 e. The molecule has 116 valence electrons. The zero-order valence-electron chi connectivity index (χ0n) is 13.2. The third kappa shape index (κ3) is 3.32. The molecule has 1 aromatic heterocycles. The van der Waals surface area contributed by atoms with Gasteiger partial charge in [-0.05, 0) is 45.2 Å². The Kier molecular flexibility index (Phi) is 5.51. The van der Waals surface area contributed by atoms with Crippen molar-refractivity contribution in [2.24, 2.45) is 0 Å². The van der Waals surface area contributed by atoms with Gasteiger partial charge in [-0.25, -0.2) is 0 Å². The van der Waals surface area contributed by atoms with Crippen molar-refractivity contribution < 1.29 is 14.6 Å². The van der Waals surface area contributed by atoms with Crippen molar-refractivity contribution in [3.63, 3.8) is 0 Å². The smallest absolute Gasteiger partial charge is 0.163 e. The molecule has 4 heteroatoms. The van der Waals surface area contributed by atoms with Crippen LogP contribution in [0.1, 0.15) is 32.8 Å². The Morgan fingerprint density at radius 3 is 2.29 bits per heavy atom. The van der Waals surface area contributed by atoms with Gasteiger partial charge in [0.25, 0.3) is 0 Å². The van der Waals surface area contributed by atoms with Gasteiger partial charge in [0.2, 0.25) is 0 Å². The van der Waals surface area contributed by atoms with Crippen LogP contribution >= 0.6 is 0 Å². The molecule has 0 aliphatic carbocycles. The number of fused-ring (bicyclic) bond motifs is 1. The number of hydrogen-bond donors (Lipinski definition) is 1. The number of ether oxygens (including phenoxy) is 2. The fourth-order valence-electron chi connectivity index (χ4n) is 2.64. The lowest BCUT2D eigenvalue weighted by molar-refractivity contribution is 0.288. The fraction of sp³-hybridized carbons (Fsp3) is 0.529. The second-order valence-corrected chi connectivity index (χ2v) is 4.95. The van der Waals surface area contributed by atoms with E-state index in [0.717, 1.165) is 36.4 Å². The van der Waals surface area contributed by atoms with Crippen LogP contribution in [0.3, 0.4) is 0 Å². The Morgan fingerprint density at radius 2 is 1.71 bits per heavy atom. The van der Waals surface area contributed by atoms with E-state index in [1.807, 2.05) is 13.8 Å². The Balaban J connectivity index is 2.54. The van der Waals surface area contributed by atoms with E-state index in [9.17, 15) is 0 Å². The second-order valence-electron chi connectivity index (χ2n) is 4.95. The molecule has 1 N–H and O–H groups in total. The first-order chi connectivity index (χ1) is 10.2. The maximum absolute atomic E-state index is 9.07. The number of rotatable bonds is 8. The highest BCUT2D eigenvalue weighted by Gasteiger charge is 2.13. The summed E-state index contributed by atoms with van der Waals surface area (Å²) in [4.78, 5) is 0. The normalized spacial score (nSPS) is 11.0. The average Bonchev–Trinajstić information content (AvgIpc) is 2.83. The van der Waals surface area contributed by atoms with Gasteiger partial charge in [0.15, 0.2) is 11.5 Å². The van der Waals surface area contributed by atoms with Crippen LogP contribution in [0.15, 0.2) is 18.3 Å². The van der Waals surface area contributed by atoms with Crippen molar-refractivity contribution in [1.82, 2.24) is 4.57 Å². The summed E-state index contributed by atoms with van der Waals surface area (Å²) < 4.78 is 13.6. The maximum Gasteiger partial charge on any atom is 0.163 e. The topological polar surface area (TPSA) is 43.6 Å². The third-order valence-corrected chi connectivity index (χ3v) is 3.57. The molecule has 0 bridgehead atoms. The Bertz CT molecular complexity index is 589. The van der Waals surface area contributed by atoms with E-state index in [2.05, 4.69) is 29.8 Å². The number of nitrogens with zero attached hydrogens (tertiary/aromatic N) is 1. The van der Waals surface area contributed by atoms with Crippen molar-refractivity contribution in [3.05, 3.63) is 23.9 Å². The van der Waals surface area contributed by atoms with Gasteiger partial charge < -0.3 is 19.1 Å². The maximum atomic E-state index is 9.07. The van der Waals surface area contributed by atoms with Crippen molar-refractivity contribution in [2.75, 3.05) is 19.8 Å². The molecule has 0 saturated heterocycles. The van der Waals surface area contributed by atoms with E-state index in [1.165, 1.54) is 10.9 Å². The molecule has 0 amide bonds. The van der Waals surface area contributed by atoms with Gasteiger partial charge in [0.05, 0.1) is 18.7 Å². The number of aromatic nitrogens is 1. The molecular formula is C17H25NO3. The highest BCUT2D eigenvalue weighted by Crippen LogP contribution is 2.35. The van der Waals surface area contributed by atoms with Crippen LogP contribution in [0.25, 0.3) is 10.9 Å². The highest BCUT2D eigenvalue weighted by molar-refractivity contribution is 5.87. The molecule has 0 atom stereocenters. The van der Waals surface area contributed by atoms with Crippen LogP contribution < -0.4 is 9.47 Å². The lowest BCUT2D eigenvalue weighted by Crippen LogP contribution is -1.99. The second kappa shape index (κ2) is 7.36. The first-order valence-corrected chi connectivity index (χ1v) is 7.77. The summed E-state index contributed by atoms with van der Waals surface area (Å²) in [5.74, 6) is 1.60. The summed E-state index contributed by atoms with van der Waals surface area (Å²) in [6.45, 7) is 8.45. The number of aryl methyl sites for hydroxylation is 2. The molecule has 4 nitrogen and oxygen atoms in total. The van der Waals surface area contributed by atoms with E-state index in [1.54, 1.807) is 0 Å². The van der Waals surface area contributed by atoms with E-state index in [-0.39, 0.29) is 6.61 Å². The molecule has 0 radical (unpaired) electrons. The van der Waals surface area contributed by atoms with Gasteiger partial charge in [-0.1, -0.05) is 0 Å². The van der Waals surface area contributed by atoms with E-state index in [4.69, 9.17) is 14.6 Å². The molecule has 0 aliphatic rings. The molecule has 0 saturated carbocycles. The lowest BCUT2D eigenvalue weighted by atomic mass is 10.1. The molecular weight excluding hydrogens is 266 g/mol. The van der Waals surface area contributed by atoms with Crippen molar-refractivity contribution in [3.8, 4) is 11.5 Å². The minimum absolute atomic E-state index is 0.216. The molecule has 0 aliphatic heterocycles. The lowest BCUT2D eigenvalue weighted by Gasteiger charge is -2.12. The van der Waals surface area contributed by atoms with Gasteiger partial charge in [0, 0.05) is 30.8 Å². The Labute approximate surface area is 126 Å². The molecule has 0 fully saturated rings. The van der Waals surface area contributed by atoms with E-state index < -0.39 is 0 Å². The van der Waals surface area contributed by atoms with Crippen LogP contribution in [0.4, 0.5) is 0 Å². The molecule has 0 spiro atoms. The molecule has 1 aromatic carbocycles. The minimum atomic E-state index is 0.216. The SMILES string of the molecule is CCOc1cc2c(CCCO)cn(CC)c2cc1OCC. The number of aliphatic hydroxyl groups excluding tert-OH is 1. The zero-order valence-corrected chi connectivity index (χ0v) is 13.2. The summed E-state index contributed by atoms with van der Waals surface area (Å²) >= 11 is 0. The largest absolute Gasteiger partial charge is 0.490 e. The van der Waals surface area contributed by atoms with Crippen LogP contribution in [0, 0.1) is 0 Å². The predicted molar refractivity (Wildman–Crippen MR) is 85.4 cm³/mol. The summed E-state index contributed by atoms with van der Waals surface area (Å²) in [5, 5.41) is 10.3. The predicted octanol–water partition coefficient (Wildman–Crippen LogP) is 3.38. The monoisotopic (exact) mass is 291 g/mol. The van der Waals surface area contributed by atoms with Crippen LogP contribution in [0.5, 0.6) is 11.5 Å². The quantitative estimate of drug-likeness (QED) is 0.811. The van der Waals surface area contributed by atoms with Crippen molar-refractivity contribution in [1.29, 1.82) is 0 Å². The van der Waals surface area contributed by atoms with Crippen LogP contribution in [0.2, 0.25) is 0 Å². The summed E-state index contributed by atoms with van der Waals surface area (Å²) in [5.41, 5.74) is 2.42. The van der Waals surface area contributed by atoms with Gasteiger partial charge in [-0.15, -0.1) is 0 Å². The van der Waals surface area contributed by atoms with E-state index >= 15 is 0 Å². The van der Waals surface area contributed by atoms with Crippen LogP contribution in [-0.4, -0.2) is 29.5 Å². The van der Waals surface area contributed by atoms with Gasteiger partial charge >= 0.3 is 0 Å². The van der Waals surface area contributed by atoms with Gasteiger partial charge in [-0.2, -0.15) is 0 Å². The van der Waals surface area contributed by atoms with Crippen molar-refractivity contribution in [2.45, 2.75) is 40.2 Å².